The van der Waals surface area contributed by atoms with Gasteiger partial charge in [0.05, 0.1) is 7.11 Å². The number of methoxy groups -OCH3 is 1. The molecule has 3 rings (SSSR count). The lowest BCUT2D eigenvalue weighted by molar-refractivity contribution is -0.145. The van der Waals surface area contributed by atoms with E-state index in [0.29, 0.717) is 18.5 Å². The molecular formula is C19H26N2O3. The van der Waals surface area contributed by atoms with Crippen molar-refractivity contribution in [3.63, 3.8) is 0 Å². The highest BCUT2D eigenvalue weighted by Crippen LogP contribution is 2.49. The van der Waals surface area contributed by atoms with Crippen LogP contribution in [0.4, 0.5) is 5.69 Å². The molecule has 0 aromatic heterocycles. The maximum absolute atomic E-state index is 13.0. The van der Waals surface area contributed by atoms with Crippen LogP contribution in [0.15, 0.2) is 24.3 Å². The summed E-state index contributed by atoms with van der Waals surface area (Å²) in [5, 5.41) is 2.91. The summed E-state index contributed by atoms with van der Waals surface area (Å²) in [5.41, 5.74) is -0.143. The van der Waals surface area contributed by atoms with E-state index in [-0.39, 0.29) is 17.9 Å². The van der Waals surface area contributed by atoms with E-state index in [0.717, 1.165) is 31.6 Å². The molecule has 1 saturated carbocycles. The van der Waals surface area contributed by atoms with Gasteiger partial charge < -0.3 is 15.0 Å². The van der Waals surface area contributed by atoms with Crippen molar-refractivity contribution in [3.8, 4) is 5.75 Å². The molecule has 2 fully saturated rings. The molecule has 0 bridgehead atoms. The number of ether oxygens (including phenoxy) is 1. The van der Waals surface area contributed by atoms with Gasteiger partial charge in [0.25, 0.3) is 0 Å². The van der Waals surface area contributed by atoms with E-state index in [2.05, 4.69) is 12.2 Å². The number of amides is 2. The van der Waals surface area contributed by atoms with Gasteiger partial charge in [-0.2, -0.15) is 0 Å². The Morgan fingerprint density at radius 2 is 1.96 bits per heavy atom. The van der Waals surface area contributed by atoms with Crippen LogP contribution < -0.4 is 10.1 Å². The number of carbonyl (C=O) groups excluding carboxylic acids is 2. The number of carbonyl (C=O) groups is 2. The fourth-order valence-corrected chi connectivity index (χ4v) is 3.56. The van der Waals surface area contributed by atoms with E-state index in [9.17, 15) is 9.59 Å². The highest BCUT2D eigenvalue weighted by molar-refractivity contribution is 6.13. The van der Waals surface area contributed by atoms with Gasteiger partial charge in [0.1, 0.15) is 11.2 Å². The third-order valence-corrected chi connectivity index (χ3v) is 5.30. The summed E-state index contributed by atoms with van der Waals surface area (Å²) in [7, 11) is 1.61. The number of hydrogen-bond acceptors (Lipinski definition) is 3. The summed E-state index contributed by atoms with van der Waals surface area (Å²) < 4.78 is 5.12. The zero-order valence-corrected chi connectivity index (χ0v) is 14.5. The normalized spacial score (nSPS) is 21.9. The summed E-state index contributed by atoms with van der Waals surface area (Å²) in [6, 6.07) is 7.49. The molecule has 1 aromatic carbocycles. The Hall–Kier alpha value is -2.04. The van der Waals surface area contributed by atoms with Gasteiger partial charge in [-0.05, 0) is 62.8 Å². The molecule has 2 aliphatic rings. The lowest BCUT2D eigenvalue weighted by Crippen LogP contribution is -2.49. The largest absolute Gasteiger partial charge is 0.497 e. The first-order chi connectivity index (χ1) is 11.6. The molecule has 1 aromatic rings. The minimum absolute atomic E-state index is 0.0278. The zero-order chi connectivity index (χ0) is 17.2. The number of nitrogens with one attached hydrogen (secondary N) is 1. The predicted molar refractivity (Wildman–Crippen MR) is 92.9 cm³/mol. The van der Waals surface area contributed by atoms with Crippen molar-refractivity contribution >= 4 is 17.5 Å². The topological polar surface area (TPSA) is 58.6 Å². The standard InChI is InChI=1S/C19H26N2O3/c1-3-15-6-4-5-13-21(15)18(23)19(11-12-19)17(22)20-14-7-9-16(24-2)10-8-14/h7-10,15H,3-6,11-13H2,1-2H3,(H,20,22). The Balaban J connectivity index is 1.69. The van der Waals surface area contributed by atoms with E-state index in [4.69, 9.17) is 4.74 Å². The van der Waals surface area contributed by atoms with Crippen LogP contribution in [-0.4, -0.2) is 36.4 Å². The second-order valence-corrected chi connectivity index (χ2v) is 6.82. The molecule has 0 spiro atoms. The van der Waals surface area contributed by atoms with Crippen molar-refractivity contribution in [2.45, 2.75) is 51.5 Å². The Kier molecular flexibility index (Phi) is 4.78. The predicted octanol–water partition coefficient (Wildman–Crippen LogP) is 3.21. The van der Waals surface area contributed by atoms with Crippen molar-refractivity contribution in [2.75, 3.05) is 19.0 Å². The molecule has 1 heterocycles. The average molecular weight is 330 g/mol. The molecule has 1 aliphatic carbocycles. The molecule has 1 saturated heterocycles. The minimum atomic E-state index is -0.843. The SMILES string of the molecule is CCC1CCCCN1C(=O)C1(C(=O)Nc2ccc(OC)cc2)CC1. The molecule has 24 heavy (non-hydrogen) atoms. The summed E-state index contributed by atoms with van der Waals surface area (Å²) in [4.78, 5) is 27.7. The maximum Gasteiger partial charge on any atom is 0.240 e. The third-order valence-electron chi connectivity index (χ3n) is 5.30. The molecule has 5 nitrogen and oxygen atoms in total. The molecular weight excluding hydrogens is 304 g/mol. The van der Waals surface area contributed by atoms with Crippen molar-refractivity contribution in [1.82, 2.24) is 4.90 Å². The van der Waals surface area contributed by atoms with Crippen molar-refractivity contribution in [1.29, 1.82) is 0 Å². The van der Waals surface area contributed by atoms with Crippen LogP contribution in [0.1, 0.15) is 45.4 Å². The fourth-order valence-electron chi connectivity index (χ4n) is 3.56. The number of likely N-dealkylation sites (tertiary alicyclic amines) is 1. The van der Waals surface area contributed by atoms with Crippen LogP contribution in [0.25, 0.3) is 0 Å². The highest BCUT2D eigenvalue weighted by Gasteiger charge is 2.58. The van der Waals surface area contributed by atoms with Crippen LogP contribution in [0.2, 0.25) is 0 Å². The molecule has 130 valence electrons. The first-order valence-electron chi connectivity index (χ1n) is 8.87. The van der Waals surface area contributed by atoms with Crippen LogP contribution in [0.3, 0.4) is 0 Å². The summed E-state index contributed by atoms with van der Waals surface area (Å²) in [6.45, 7) is 2.90. The lowest BCUT2D eigenvalue weighted by atomic mass is 9.95. The van der Waals surface area contributed by atoms with Gasteiger partial charge in [0, 0.05) is 18.3 Å². The number of anilines is 1. The highest BCUT2D eigenvalue weighted by atomic mass is 16.5. The van der Waals surface area contributed by atoms with Gasteiger partial charge in [-0.25, -0.2) is 0 Å². The van der Waals surface area contributed by atoms with Crippen LogP contribution in [-0.2, 0) is 9.59 Å². The average Bonchev–Trinajstić information content (AvgIpc) is 3.43. The smallest absolute Gasteiger partial charge is 0.240 e. The number of hydrogen-bond donors (Lipinski definition) is 1. The van der Waals surface area contributed by atoms with Crippen LogP contribution in [0, 0.1) is 5.41 Å². The van der Waals surface area contributed by atoms with Gasteiger partial charge in [0.15, 0.2) is 0 Å². The van der Waals surface area contributed by atoms with E-state index in [1.165, 1.54) is 6.42 Å². The van der Waals surface area contributed by atoms with Gasteiger partial charge in [-0.15, -0.1) is 0 Å². The summed E-state index contributed by atoms with van der Waals surface area (Å²) in [5.74, 6) is 0.600. The van der Waals surface area contributed by atoms with E-state index in [1.54, 1.807) is 31.4 Å². The van der Waals surface area contributed by atoms with E-state index in [1.807, 2.05) is 4.90 Å². The molecule has 1 unspecified atom stereocenters. The second-order valence-electron chi connectivity index (χ2n) is 6.82. The number of benzene rings is 1. The molecule has 1 N–H and O–H groups in total. The summed E-state index contributed by atoms with van der Waals surface area (Å²) >= 11 is 0. The molecule has 5 heteroatoms. The van der Waals surface area contributed by atoms with Gasteiger partial charge in [-0.3, -0.25) is 9.59 Å². The van der Waals surface area contributed by atoms with Gasteiger partial charge in [0.2, 0.25) is 11.8 Å². The van der Waals surface area contributed by atoms with Gasteiger partial charge >= 0.3 is 0 Å². The van der Waals surface area contributed by atoms with Crippen LogP contribution >= 0.6 is 0 Å². The first-order valence-corrected chi connectivity index (χ1v) is 8.87. The van der Waals surface area contributed by atoms with Gasteiger partial charge in [-0.1, -0.05) is 6.92 Å². The first kappa shape index (κ1) is 16.8. The number of piperidine rings is 1. The van der Waals surface area contributed by atoms with Crippen LogP contribution in [0.5, 0.6) is 5.75 Å². The second kappa shape index (κ2) is 6.83. The Morgan fingerprint density at radius 3 is 2.54 bits per heavy atom. The Labute approximate surface area is 143 Å². The Bertz CT molecular complexity index is 608. The van der Waals surface area contributed by atoms with E-state index < -0.39 is 5.41 Å². The maximum atomic E-state index is 13.0. The third kappa shape index (κ3) is 3.12. The lowest BCUT2D eigenvalue weighted by Gasteiger charge is -2.37. The van der Waals surface area contributed by atoms with Crippen molar-refractivity contribution in [3.05, 3.63) is 24.3 Å². The molecule has 1 aliphatic heterocycles. The molecule has 1 atom stereocenters. The Morgan fingerprint density at radius 1 is 1.25 bits per heavy atom. The number of nitrogens with zero attached hydrogens (tertiary/aromatic N) is 1. The molecule has 2 amide bonds. The zero-order valence-electron chi connectivity index (χ0n) is 14.5. The molecule has 0 radical (unpaired) electrons. The minimum Gasteiger partial charge on any atom is -0.497 e. The van der Waals surface area contributed by atoms with Crippen molar-refractivity contribution in [2.24, 2.45) is 5.41 Å². The quantitative estimate of drug-likeness (QED) is 0.844. The monoisotopic (exact) mass is 330 g/mol. The fraction of sp³-hybridized carbons (Fsp3) is 0.579. The van der Waals surface area contributed by atoms with Crippen molar-refractivity contribution < 1.29 is 14.3 Å². The number of rotatable bonds is 5. The van der Waals surface area contributed by atoms with E-state index >= 15 is 0 Å². The summed E-state index contributed by atoms with van der Waals surface area (Å²) in [6.07, 6.45) is 5.54.